The predicted octanol–water partition coefficient (Wildman–Crippen LogP) is 4.52. The summed E-state index contributed by atoms with van der Waals surface area (Å²) in [6, 6.07) is 9.13. The Hall–Kier alpha value is -1.55. The van der Waals surface area contributed by atoms with Crippen LogP contribution in [0.1, 0.15) is 39.2 Å². The SMILES string of the molecule is CC(C)(C)Nc1cccc(N(Cc2ccsc2)C2CC2)n1. The highest BCUT2D eigenvalue weighted by Gasteiger charge is 2.30. The molecule has 0 unspecified atom stereocenters. The number of rotatable bonds is 5. The Morgan fingerprint density at radius 3 is 2.71 bits per heavy atom. The fourth-order valence-electron chi connectivity index (χ4n) is 2.40. The molecule has 0 aliphatic heterocycles. The maximum absolute atomic E-state index is 4.82. The first kappa shape index (κ1) is 14.4. The van der Waals surface area contributed by atoms with E-state index in [1.54, 1.807) is 11.3 Å². The van der Waals surface area contributed by atoms with E-state index >= 15 is 0 Å². The van der Waals surface area contributed by atoms with Gasteiger partial charge in [0.2, 0.25) is 0 Å². The molecule has 1 fully saturated rings. The van der Waals surface area contributed by atoms with Gasteiger partial charge in [0.15, 0.2) is 0 Å². The summed E-state index contributed by atoms with van der Waals surface area (Å²) in [7, 11) is 0. The zero-order chi connectivity index (χ0) is 14.9. The number of nitrogens with one attached hydrogen (secondary N) is 1. The third-order valence-corrected chi connectivity index (χ3v) is 4.18. The smallest absolute Gasteiger partial charge is 0.131 e. The number of thiophene rings is 1. The van der Waals surface area contributed by atoms with Gasteiger partial charge in [0.25, 0.3) is 0 Å². The van der Waals surface area contributed by atoms with E-state index in [0.29, 0.717) is 6.04 Å². The molecule has 21 heavy (non-hydrogen) atoms. The fraction of sp³-hybridized carbons (Fsp3) is 0.471. The third-order valence-electron chi connectivity index (χ3n) is 3.45. The van der Waals surface area contributed by atoms with E-state index in [-0.39, 0.29) is 5.54 Å². The summed E-state index contributed by atoms with van der Waals surface area (Å²) in [6.45, 7) is 7.43. The van der Waals surface area contributed by atoms with Crippen molar-refractivity contribution in [2.24, 2.45) is 0 Å². The van der Waals surface area contributed by atoms with E-state index < -0.39 is 0 Å². The summed E-state index contributed by atoms with van der Waals surface area (Å²) in [4.78, 5) is 7.26. The van der Waals surface area contributed by atoms with Crippen molar-refractivity contribution in [1.82, 2.24) is 4.98 Å². The van der Waals surface area contributed by atoms with Crippen molar-refractivity contribution in [3.63, 3.8) is 0 Å². The molecule has 0 amide bonds. The minimum atomic E-state index is 0.0311. The zero-order valence-electron chi connectivity index (χ0n) is 13.0. The van der Waals surface area contributed by atoms with Gasteiger partial charge in [0.1, 0.15) is 11.6 Å². The van der Waals surface area contributed by atoms with Crippen LogP contribution in [-0.4, -0.2) is 16.6 Å². The summed E-state index contributed by atoms with van der Waals surface area (Å²) in [5, 5.41) is 7.83. The summed E-state index contributed by atoms with van der Waals surface area (Å²) in [5.74, 6) is 2.04. The Bertz CT molecular complexity index is 582. The minimum Gasteiger partial charge on any atom is -0.365 e. The first-order valence-electron chi connectivity index (χ1n) is 7.54. The predicted molar refractivity (Wildman–Crippen MR) is 91.1 cm³/mol. The number of pyridine rings is 1. The summed E-state index contributed by atoms with van der Waals surface area (Å²) >= 11 is 1.76. The van der Waals surface area contributed by atoms with Crippen LogP contribution in [0.4, 0.5) is 11.6 Å². The van der Waals surface area contributed by atoms with Crippen LogP contribution in [0.5, 0.6) is 0 Å². The molecule has 0 saturated heterocycles. The molecule has 112 valence electrons. The highest BCUT2D eigenvalue weighted by atomic mass is 32.1. The lowest BCUT2D eigenvalue weighted by Gasteiger charge is -2.26. The molecule has 1 aliphatic rings. The van der Waals surface area contributed by atoms with Crippen LogP contribution in [0.3, 0.4) is 0 Å². The van der Waals surface area contributed by atoms with Crippen molar-refractivity contribution < 1.29 is 0 Å². The van der Waals surface area contributed by atoms with Gasteiger partial charge in [0.05, 0.1) is 0 Å². The Morgan fingerprint density at radius 1 is 1.29 bits per heavy atom. The first-order valence-corrected chi connectivity index (χ1v) is 8.48. The van der Waals surface area contributed by atoms with Crippen molar-refractivity contribution >= 4 is 23.0 Å². The monoisotopic (exact) mass is 301 g/mol. The maximum Gasteiger partial charge on any atom is 0.131 e. The van der Waals surface area contributed by atoms with Gasteiger partial charge in [0, 0.05) is 18.1 Å². The number of anilines is 2. The van der Waals surface area contributed by atoms with Gasteiger partial charge < -0.3 is 10.2 Å². The highest BCUT2D eigenvalue weighted by Crippen LogP contribution is 2.33. The molecule has 0 aromatic carbocycles. The average Bonchev–Trinajstić information content (AvgIpc) is 3.11. The van der Waals surface area contributed by atoms with Gasteiger partial charge >= 0.3 is 0 Å². The van der Waals surface area contributed by atoms with Gasteiger partial charge in [-0.25, -0.2) is 4.98 Å². The van der Waals surface area contributed by atoms with E-state index in [1.807, 2.05) is 6.07 Å². The standard InChI is InChI=1S/C17H23N3S/c1-17(2,3)19-15-5-4-6-16(18-15)20(14-7-8-14)11-13-9-10-21-12-13/h4-6,9-10,12,14H,7-8,11H2,1-3H3,(H,18,19). The molecule has 3 nitrogen and oxygen atoms in total. The van der Waals surface area contributed by atoms with Crippen molar-refractivity contribution in [3.05, 3.63) is 40.6 Å². The molecule has 2 aromatic heterocycles. The van der Waals surface area contributed by atoms with Gasteiger partial charge in [-0.15, -0.1) is 0 Å². The van der Waals surface area contributed by atoms with Gasteiger partial charge in [-0.2, -0.15) is 11.3 Å². The molecule has 3 rings (SSSR count). The quantitative estimate of drug-likeness (QED) is 0.880. The second-order valence-electron chi connectivity index (χ2n) is 6.75. The lowest BCUT2D eigenvalue weighted by Crippen LogP contribution is -2.28. The molecule has 1 N–H and O–H groups in total. The lowest BCUT2D eigenvalue weighted by molar-refractivity contribution is 0.630. The van der Waals surface area contributed by atoms with Crippen molar-refractivity contribution in [3.8, 4) is 0 Å². The Balaban J connectivity index is 1.81. The van der Waals surface area contributed by atoms with Gasteiger partial charge in [-0.3, -0.25) is 0 Å². The molecular weight excluding hydrogens is 278 g/mol. The molecule has 1 aliphatic carbocycles. The Morgan fingerprint density at radius 2 is 2.10 bits per heavy atom. The molecule has 2 aromatic rings. The molecular formula is C17H23N3S. The molecule has 2 heterocycles. The Kier molecular flexibility index (Phi) is 3.89. The zero-order valence-corrected chi connectivity index (χ0v) is 13.8. The molecule has 0 spiro atoms. The lowest BCUT2D eigenvalue weighted by atomic mass is 10.1. The van der Waals surface area contributed by atoms with E-state index in [4.69, 9.17) is 4.98 Å². The van der Waals surface area contributed by atoms with Crippen LogP contribution in [0, 0.1) is 0 Å². The topological polar surface area (TPSA) is 28.2 Å². The van der Waals surface area contributed by atoms with Crippen molar-refractivity contribution in [2.75, 3.05) is 10.2 Å². The summed E-state index contributed by atoms with van der Waals surface area (Å²) in [5.41, 5.74) is 1.41. The summed E-state index contributed by atoms with van der Waals surface area (Å²) < 4.78 is 0. The maximum atomic E-state index is 4.82. The first-order chi connectivity index (χ1) is 10.0. The second-order valence-corrected chi connectivity index (χ2v) is 7.53. The van der Waals surface area contributed by atoms with Crippen LogP contribution < -0.4 is 10.2 Å². The van der Waals surface area contributed by atoms with E-state index in [2.05, 4.69) is 59.9 Å². The number of aromatic nitrogens is 1. The van der Waals surface area contributed by atoms with Crippen LogP contribution in [0.2, 0.25) is 0 Å². The number of hydrogen-bond acceptors (Lipinski definition) is 4. The normalized spacial score (nSPS) is 15.0. The third kappa shape index (κ3) is 3.97. The minimum absolute atomic E-state index is 0.0311. The van der Waals surface area contributed by atoms with Crippen molar-refractivity contribution in [1.29, 1.82) is 0 Å². The van der Waals surface area contributed by atoms with Gasteiger partial charge in [-0.1, -0.05) is 6.07 Å². The van der Waals surface area contributed by atoms with Crippen molar-refractivity contribution in [2.45, 2.75) is 51.7 Å². The molecule has 1 saturated carbocycles. The van der Waals surface area contributed by atoms with Crippen LogP contribution in [0.25, 0.3) is 0 Å². The highest BCUT2D eigenvalue weighted by molar-refractivity contribution is 7.07. The van der Waals surface area contributed by atoms with Gasteiger partial charge in [-0.05, 0) is 68.1 Å². The molecule has 0 atom stereocenters. The number of hydrogen-bond donors (Lipinski definition) is 1. The Labute approximate surface area is 131 Å². The van der Waals surface area contributed by atoms with Crippen LogP contribution in [-0.2, 0) is 6.54 Å². The average molecular weight is 301 g/mol. The van der Waals surface area contributed by atoms with E-state index in [9.17, 15) is 0 Å². The van der Waals surface area contributed by atoms with E-state index in [0.717, 1.165) is 18.2 Å². The van der Waals surface area contributed by atoms with Crippen LogP contribution >= 0.6 is 11.3 Å². The molecule has 4 heteroatoms. The molecule has 0 radical (unpaired) electrons. The fourth-order valence-corrected chi connectivity index (χ4v) is 3.06. The molecule has 0 bridgehead atoms. The second kappa shape index (κ2) is 5.68. The largest absolute Gasteiger partial charge is 0.365 e. The number of nitrogens with zero attached hydrogens (tertiary/aromatic N) is 2. The summed E-state index contributed by atoms with van der Waals surface area (Å²) in [6.07, 6.45) is 2.56. The van der Waals surface area contributed by atoms with E-state index in [1.165, 1.54) is 18.4 Å². The van der Waals surface area contributed by atoms with Crippen LogP contribution in [0.15, 0.2) is 35.0 Å².